The molecule has 0 aliphatic carbocycles. The van der Waals surface area contributed by atoms with Gasteiger partial charge in [-0.05, 0) is 47.2 Å². The molecule has 0 fully saturated rings. The maximum absolute atomic E-state index is 12.1. The van der Waals surface area contributed by atoms with Crippen LogP contribution in [-0.2, 0) is 17.6 Å². The molecule has 132 valence electrons. The highest BCUT2D eigenvalue weighted by atomic mass is 16.3. The van der Waals surface area contributed by atoms with Crippen LogP contribution in [0.5, 0.6) is 5.75 Å². The predicted octanol–water partition coefficient (Wildman–Crippen LogP) is 4.35. The second-order valence-electron chi connectivity index (χ2n) is 6.36. The fraction of sp³-hybridized carbons (Fsp3) is 0.174. The van der Waals surface area contributed by atoms with Crippen molar-refractivity contribution in [3.63, 3.8) is 0 Å². The van der Waals surface area contributed by atoms with Crippen LogP contribution in [0.1, 0.15) is 17.5 Å². The lowest BCUT2D eigenvalue weighted by atomic mass is 10.0. The first-order valence-electron chi connectivity index (χ1n) is 8.90. The molecule has 0 bridgehead atoms. The molecular formula is C23H23NO2. The second kappa shape index (κ2) is 8.86. The number of amides is 1. The molecule has 3 nitrogen and oxygen atoms in total. The van der Waals surface area contributed by atoms with Crippen molar-refractivity contribution in [1.29, 1.82) is 0 Å². The molecule has 0 unspecified atom stereocenters. The highest BCUT2D eigenvalue weighted by Gasteiger charge is 2.04. The van der Waals surface area contributed by atoms with Crippen molar-refractivity contribution in [3.8, 4) is 16.9 Å². The molecule has 1 amide bonds. The molecule has 0 aliphatic heterocycles. The molecule has 0 spiro atoms. The molecule has 0 aromatic heterocycles. The molecule has 0 aliphatic rings. The highest BCUT2D eigenvalue weighted by molar-refractivity contribution is 5.78. The van der Waals surface area contributed by atoms with E-state index in [0.29, 0.717) is 13.0 Å². The number of rotatable bonds is 7. The molecule has 0 saturated carbocycles. The number of benzene rings is 3. The first-order valence-corrected chi connectivity index (χ1v) is 8.90. The zero-order valence-electron chi connectivity index (χ0n) is 14.7. The average Bonchev–Trinajstić information content (AvgIpc) is 2.68. The van der Waals surface area contributed by atoms with Gasteiger partial charge < -0.3 is 10.4 Å². The summed E-state index contributed by atoms with van der Waals surface area (Å²) >= 11 is 0. The van der Waals surface area contributed by atoms with Gasteiger partial charge in [-0.25, -0.2) is 0 Å². The van der Waals surface area contributed by atoms with E-state index in [4.69, 9.17) is 0 Å². The Morgan fingerprint density at radius 2 is 1.38 bits per heavy atom. The lowest BCUT2D eigenvalue weighted by molar-refractivity contribution is -0.120. The van der Waals surface area contributed by atoms with Crippen LogP contribution < -0.4 is 5.32 Å². The van der Waals surface area contributed by atoms with Crippen molar-refractivity contribution >= 4 is 5.91 Å². The van der Waals surface area contributed by atoms with Gasteiger partial charge in [0.25, 0.3) is 0 Å². The van der Waals surface area contributed by atoms with E-state index in [1.54, 1.807) is 12.1 Å². The minimum Gasteiger partial charge on any atom is -0.508 e. The van der Waals surface area contributed by atoms with Gasteiger partial charge in [0.05, 0.1) is 6.42 Å². The van der Waals surface area contributed by atoms with Crippen LogP contribution >= 0.6 is 0 Å². The quantitative estimate of drug-likeness (QED) is 0.626. The molecule has 2 N–H and O–H groups in total. The van der Waals surface area contributed by atoms with Crippen molar-refractivity contribution in [1.82, 2.24) is 5.32 Å². The highest BCUT2D eigenvalue weighted by Crippen LogP contribution is 2.19. The smallest absolute Gasteiger partial charge is 0.224 e. The molecule has 3 aromatic rings. The average molecular weight is 345 g/mol. The molecule has 3 rings (SSSR count). The number of aryl methyl sites for hydroxylation is 1. The summed E-state index contributed by atoms with van der Waals surface area (Å²) in [5.74, 6) is 0.323. The Balaban J connectivity index is 1.42. The lowest BCUT2D eigenvalue weighted by Crippen LogP contribution is -2.26. The van der Waals surface area contributed by atoms with Gasteiger partial charge >= 0.3 is 0 Å². The van der Waals surface area contributed by atoms with Crippen molar-refractivity contribution in [2.24, 2.45) is 0 Å². The number of hydrogen-bond acceptors (Lipinski definition) is 2. The van der Waals surface area contributed by atoms with Crippen molar-refractivity contribution in [3.05, 3.63) is 90.0 Å². The molecule has 0 radical (unpaired) electrons. The molecule has 3 aromatic carbocycles. The zero-order chi connectivity index (χ0) is 18.2. The Hall–Kier alpha value is -3.07. The third-order valence-corrected chi connectivity index (χ3v) is 4.33. The first-order chi connectivity index (χ1) is 12.7. The summed E-state index contributed by atoms with van der Waals surface area (Å²) in [5.41, 5.74) is 4.51. The summed E-state index contributed by atoms with van der Waals surface area (Å²) in [6.07, 6.45) is 2.16. The van der Waals surface area contributed by atoms with Crippen molar-refractivity contribution in [2.75, 3.05) is 6.54 Å². The molecular weight excluding hydrogens is 322 g/mol. The Bertz CT molecular complexity index is 824. The van der Waals surface area contributed by atoms with Gasteiger partial charge in [-0.1, -0.05) is 66.7 Å². The Morgan fingerprint density at radius 3 is 2.08 bits per heavy atom. The van der Waals surface area contributed by atoms with E-state index in [0.717, 1.165) is 29.5 Å². The summed E-state index contributed by atoms with van der Waals surface area (Å²) in [7, 11) is 0. The third kappa shape index (κ3) is 5.21. The normalized spacial score (nSPS) is 10.5. The predicted molar refractivity (Wildman–Crippen MR) is 105 cm³/mol. The fourth-order valence-corrected chi connectivity index (χ4v) is 2.88. The fourth-order valence-electron chi connectivity index (χ4n) is 2.88. The second-order valence-corrected chi connectivity index (χ2v) is 6.36. The van der Waals surface area contributed by atoms with Crippen LogP contribution in [0.3, 0.4) is 0 Å². The van der Waals surface area contributed by atoms with Crippen LogP contribution in [0.15, 0.2) is 78.9 Å². The number of nitrogens with one attached hydrogen (secondary N) is 1. The van der Waals surface area contributed by atoms with Gasteiger partial charge in [0, 0.05) is 6.54 Å². The Labute approximate surface area is 154 Å². The summed E-state index contributed by atoms with van der Waals surface area (Å²) < 4.78 is 0. The molecule has 0 saturated heterocycles. The maximum atomic E-state index is 12.1. The Kier molecular flexibility index (Phi) is 6.05. The largest absolute Gasteiger partial charge is 0.508 e. The van der Waals surface area contributed by atoms with Crippen LogP contribution in [0.25, 0.3) is 11.1 Å². The van der Waals surface area contributed by atoms with Gasteiger partial charge in [-0.15, -0.1) is 0 Å². The molecule has 3 heteroatoms. The number of carbonyl (C=O) groups is 1. The van der Waals surface area contributed by atoms with Gasteiger partial charge in [-0.3, -0.25) is 4.79 Å². The minimum atomic E-state index is 0.0446. The van der Waals surface area contributed by atoms with E-state index in [1.807, 2.05) is 42.5 Å². The van der Waals surface area contributed by atoms with Crippen LogP contribution in [-0.4, -0.2) is 17.6 Å². The molecule has 26 heavy (non-hydrogen) atoms. The van der Waals surface area contributed by atoms with E-state index in [2.05, 4.69) is 29.6 Å². The summed E-state index contributed by atoms with van der Waals surface area (Å²) in [4.78, 5) is 12.1. The standard InChI is InChI=1S/C23H23NO2/c25-22-14-10-18(11-15-22)5-4-16-24-23(26)17-19-8-12-21(13-9-19)20-6-2-1-3-7-20/h1-3,6-15,25H,4-5,16-17H2,(H,24,26). The van der Waals surface area contributed by atoms with E-state index in [1.165, 1.54) is 5.56 Å². The number of hydrogen-bond donors (Lipinski definition) is 2. The number of phenols is 1. The van der Waals surface area contributed by atoms with E-state index >= 15 is 0 Å². The van der Waals surface area contributed by atoms with E-state index in [-0.39, 0.29) is 11.7 Å². The van der Waals surface area contributed by atoms with Crippen LogP contribution in [0, 0.1) is 0 Å². The van der Waals surface area contributed by atoms with Gasteiger partial charge in [-0.2, -0.15) is 0 Å². The van der Waals surface area contributed by atoms with Gasteiger partial charge in [0.2, 0.25) is 5.91 Å². The Morgan fingerprint density at radius 1 is 0.769 bits per heavy atom. The molecule has 0 atom stereocenters. The van der Waals surface area contributed by atoms with Crippen molar-refractivity contribution < 1.29 is 9.90 Å². The van der Waals surface area contributed by atoms with E-state index < -0.39 is 0 Å². The zero-order valence-corrected chi connectivity index (χ0v) is 14.7. The lowest BCUT2D eigenvalue weighted by Gasteiger charge is -2.07. The number of carbonyl (C=O) groups excluding carboxylic acids is 1. The monoisotopic (exact) mass is 345 g/mol. The first kappa shape index (κ1) is 17.7. The SMILES string of the molecule is O=C(Cc1ccc(-c2ccccc2)cc1)NCCCc1ccc(O)cc1. The number of phenolic OH excluding ortho intramolecular Hbond substituents is 1. The summed E-state index contributed by atoms with van der Waals surface area (Å²) in [6, 6.07) is 25.5. The maximum Gasteiger partial charge on any atom is 0.224 e. The minimum absolute atomic E-state index is 0.0446. The molecule has 0 heterocycles. The third-order valence-electron chi connectivity index (χ3n) is 4.33. The topological polar surface area (TPSA) is 49.3 Å². The van der Waals surface area contributed by atoms with Gasteiger partial charge in [0.1, 0.15) is 5.75 Å². The summed E-state index contributed by atoms with van der Waals surface area (Å²) in [6.45, 7) is 0.655. The van der Waals surface area contributed by atoms with E-state index in [9.17, 15) is 9.90 Å². The van der Waals surface area contributed by atoms with Crippen molar-refractivity contribution in [2.45, 2.75) is 19.3 Å². The van der Waals surface area contributed by atoms with Crippen LogP contribution in [0.2, 0.25) is 0 Å². The summed E-state index contributed by atoms with van der Waals surface area (Å²) in [5, 5.41) is 12.2. The van der Waals surface area contributed by atoms with Crippen LogP contribution in [0.4, 0.5) is 0 Å². The van der Waals surface area contributed by atoms with Gasteiger partial charge in [0.15, 0.2) is 0 Å². The number of aromatic hydroxyl groups is 1.